The highest BCUT2D eigenvalue weighted by Gasteiger charge is 2.24. The molecule has 0 radical (unpaired) electrons. The lowest BCUT2D eigenvalue weighted by Gasteiger charge is -2.24. The maximum Gasteiger partial charge on any atom is 0.242 e. The second kappa shape index (κ2) is 6.22. The van der Waals surface area contributed by atoms with Crippen LogP contribution in [0.25, 0.3) is 0 Å². The smallest absolute Gasteiger partial charge is 0.242 e. The molecule has 2 N–H and O–H groups in total. The first-order chi connectivity index (χ1) is 8.90. The summed E-state index contributed by atoms with van der Waals surface area (Å²) in [6.07, 6.45) is 1.86. The number of hydrogen-bond acceptors (Lipinski definition) is 3. The molecular weight excluding hydrogens is 396 g/mol. The minimum atomic E-state index is -3.50. The average molecular weight is 412 g/mol. The molecule has 1 aromatic carbocycles. The highest BCUT2D eigenvalue weighted by Crippen LogP contribution is 2.29. The second-order valence-electron chi connectivity index (χ2n) is 4.70. The Hall–Kier alpha value is 0.0500. The predicted molar refractivity (Wildman–Crippen MR) is 82.8 cm³/mol. The number of halogens is 2. The first-order valence-electron chi connectivity index (χ1n) is 6.09. The van der Waals surface area contributed by atoms with E-state index >= 15 is 0 Å². The molecule has 0 unspecified atom stereocenters. The van der Waals surface area contributed by atoms with Gasteiger partial charge in [-0.3, -0.25) is 0 Å². The normalized spacial score (nSPS) is 20.5. The van der Waals surface area contributed by atoms with Crippen LogP contribution in [-0.4, -0.2) is 27.5 Å². The number of piperidine rings is 1. The lowest BCUT2D eigenvalue weighted by atomic mass is 10.1. The average Bonchev–Trinajstić information content (AvgIpc) is 2.34. The third-order valence-electron chi connectivity index (χ3n) is 3.12. The highest BCUT2D eigenvalue weighted by atomic mass is 79.9. The summed E-state index contributed by atoms with van der Waals surface area (Å²) in [4.78, 5) is 0.274. The molecule has 0 saturated carbocycles. The van der Waals surface area contributed by atoms with Gasteiger partial charge in [-0.25, -0.2) is 13.1 Å². The summed E-state index contributed by atoms with van der Waals surface area (Å²) in [5.41, 5.74) is 0.991. The Bertz CT molecular complexity index is 569. The van der Waals surface area contributed by atoms with E-state index in [4.69, 9.17) is 0 Å². The van der Waals surface area contributed by atoms with Crippen molar-refractivity contribution in [2.75, 3.05) is 13.1 Å². The van der Waals surface area contributed by atoms with Crippen LogP contribution in [0.4, 0.5) is 0 Å². The molecule has 1 aromatic rings. The fraction of sp³-hybridized carbons (Fsp3) is 0.500. The number of hydrogen-bond donors (Lipinski definition) is 2. The van der Waals surface area contributed by atoms with Crippen molar-refractivity contribution in [1.29, 1.82) is 0 Å². The highest BCUT2D eigenvalue weighted by molar-refractivity contribution is 9.11. The Morgan fingerprint density at radius 1 is 1.32 bits per heavy atom. The van der Waals surface area contributed by atoms with E-state index in [1.54, 1.807) is 12.1 Å². The van der Waals surface area contributed by atoms with Crippen molar-refractivity contribution in [3.05, 3.63) is 26.6 Å². The van der Waals surface area contributed by atoms with E-state index in [-0.39, 0.29) is 10.9 Å². The topological polar surface area (TPSA) is 58.2 Å². The minimum absolute atomic E-state index is 0.0364. The van der Waals surface area contributed by atoms with Crippen LogP contribution in [-0.2, 0) is 10.0 Å². The molecule has 0 bridgehead atoms. The second-order valence-corrected chi connectivity index (χ2v) is 8.09. The van der Waals surface area contributed by atoms with Crippen molar-refractivity contribution >= 4 is 41.9 Å². The number of rotatable bonds is 3. The van der Waals surface area contributed by atoms with Gasteiger partial charge < -0.3 is 5.32 Å². The third kappa shape index (κ3) is 3.78. The first kappa shape index (κ1) is 15.4. The quantitative estimate of drug-likeness (QED) is 0.803. The Labute approximate surface area is 130 Å². The first-order valence-corrected chi connectivity index (χ1v) is 9.16. The summed E-state index contributed by atoms with van der Waals surface area (Å²) in [5.74, 6) is 0. The molecule has 0 aliphatic carbocycles. The lowest BCUT2D eigenvalue weighted by molar-refractivity contribution is 0.428. The number of sulfonamides is 1. The summed E-state index contributed by atoms with van der Waals surface area (Å²) in [7, 11) is -3.50. The number of aryl methyl sites for hydroxylation is 1. The zero-order chi connectivity index (χ0) is 14.0. The molecular formula is C12H16Br2N2O2S. The summed E-state index contributed by atoms with van der Waals surface area (Å²) >= 11 is 6.70. The minimum Gasteiger partial charge on any atom is -0.315 e. The van der Waals surface area contributed by atoms with E-state index < -0.39 is 10.0 Å². The van der Waals surface area contributed by atoms with Crippen LogP contribution in [0.15, 0.2) is 26.0 Å². The largest absolute Gasteiger partial charge is 0.315 e. The fourth-order valence-corrected chi connectivity index (χ4v) is 5.02. The molecule has 2 rings (SSSR count). The van der Waals surface area contributed by atoms with Crippen LogP contribution in [0.1, 0.15) is 18.4 Å². The van der Waals surface area contributed by atoms with Gasteiger partial charge in [0.2, 0.25) is 10.0 Å². The standard InChI is InChI=1S/C12H16Br2N2O2S/c1-8-5-11(14)12(6-10(8)13)19(17,18)16-9-3-2-4-15-7-9/h5-6,9,15-16H,2-4,7H2,1H3/t9-/m0/s1. The van der Waals surface area contributed by atoms with Crippen LogP contribution in [0.2, 0.25) is 0 Å². The van der Waals surface area contributed by atoms with Gasteiger partial charge in [-0.2, -0.15) is 0 Å². The van der Waals surface area contributed by atoms with Crippen molar-refractivity contribution in [3.8, 4) is 0 Å². The molecule has 1 heterocycles. The third-order valence-corrected chi connectivity index (χ3v) is 6.45. The van der Waals surface area contributed by atoms with E-state index in [1.807, 2.05) is 6.92 Å². The van der Waals surface area contributed by atoms with Gasteiger partial charge >= 0.3 is 0 Å². The van der Waals surface area contributed by atoms with Gasteiger partial charge in [0.25, 0.3) is 0 Å². The Balaban J connectivity index is 2.26. The zero-order valence-electron chi connectivity index (χ0n) is 10.5. The van der Waals surface area contributed by atoms with Crippen molar-refractivity contribution in [3.63, 3.8) is 0 Å². The van der Waals surface area contributed by atoms with Gasteiger partial charge in [0.15, 0.2) is 0 Å². The van der Waals surface area contributed by atoms with Gasteiger partial charge in [0.05, 0.1) is 4.90 Å². The van der Waals surface area contributed by atoms with Crippen LogP contribution in [0, 0.1) is 6.92 Å². The van der Waals surface area contributed by atoms with Gasteiger partial charge in [-0.05, 0) is 59.9 Å². The van der Waals surface area contributed by atoms with Crippen LogP contribution < -0.4 is 10.0 Å². The van der Waals surface area contributed by atoms with Gasteiger partial charge in [-0.15, -0.1) is 0 Å². The zero-order valence-corrected chi connectivity index (χ0v) is 14.5. The molecule has 0 amide bonds. The molecule has 19 heavy (non-hydrogen) atoms. The van der Waals surface area contributed by atoms with Crippen LogP contribution in [0.3, 0.4) is 0 Å². The van der Waals surface area contributed by atoms with Crippen molar-refractivity contribution in [2.45, 2.75) is 30.7 Å². The van der Waals surface area contributed by atoms with Crippen LogP contribution >= 0.6 is 31.9 Å². The van der Waals surface area contributed by atoms with Crippen molar-refractivity contribution < 1.29 is 8.42 Å². The molecule has 106 valence electrons. The maximum atomic E-state index is 12.4. The van der Waals surface area contributed by atoms with E-state index in [2.05, 4.69) is 41.9 Å². The lowest BCUT2D eigenvalue weighted by Crippen LogP contribution is -2.45. The molecule has 1 saturated heterocycles. The van der Waals surface area contributed by atoms with Crippen molar-refractivity contribution in [2.24, 2.45) is 0 Å². The molecule has 0 spiro atoms. The van der Waals surface area contributed by atoms with Gasteiger partial charge in [0.1, 0.15) is 0 Å². The summed E-state index contributed by atoms with van der Waals surface area (Å²) in [6.45, 7) is 3.56. The summed E-state index contributed by atoms with van der Waals surface area (Å²) < 4.78 is 28.9. The number of nitrogens with one attached hydrogen (secondary N) is 2. The monoisotopic (exact) mass is 410 g/mol. The molecule has 0 aromatic heterocycles. The summed E-state index contributed by atoms with van der Waals surface area (Å²) in [5, 5.41) is 3.20. The van der Waals surface area contributed by atoms with Gasteiger partial charge in [-0.1, -0.05) is 15.9 Å². The summed E-state index contributed by atoms with van der Waals surface area (Å²) in [6, 6.07) is 3.40. The van der Waals surface area contributed by atoms with Gasteiger partial charge in [0, 0.05) is 21.5 Å². The molecule has 1 aliphatic rings. The van der Waals surface area contributed by atoms with E-state index in [1.165, 1.54) is 0 Å². The molecule has 4 nitrogen and oxygen atoms in total. The van der Waals surface area contributed by atoms with Crippen molar-refractivity contribution in [1.82, 2.24) is 10.0 Å². The Morgan fingerprint density at radius 2 is 2.05 bits per heavy atom. The predicted octanol–water partition coefficient (Wildman–Crippen LogP) is 2.55. The van der Waals surface area contributed by atoms with E-state index in [0.717, 1.165) is 29.4 Å². The molecule has 1 fully saturated rings. The van der Waals surface area contributed by atoms with E-state index in [9.17, 15) is 8.42 Å². The molecule has 1 aliphatic heterocycles. The fourth-order valence-electron chi connectivity index (χ4n) is 2.07. The Morgan fingerprint density at radius 3 is 2.68 bits per heavy atom. The molecule has 1 atom stereocenters. The van der Waals surface area contributed by atoms with E-state index in [0.29, 0.717) is 11.0 Å². The SMILES string of the molecule is Cc1cc(Br)c(S(=O)(=O)N[C@H]2CCCNC2)cc1Br. The Kier molecular flexibility index (Phi) is 5.05. The maximum absolute atomic E-state index is 12.4. The molecule has 7 heteroatoms. The number of benzene rings is 1. The van der Waals surface area contributed by atoms with Crippen LogP contribution in [0.5, 0.6) is 0 Å².